The number of para-hydroxylation sites is 2. The van der Waals surface area contributed by atoms with E-state index >= 15 is 0 Å². The van der Waals surface area contributed by atoms with Gasteiger partial charge in [-0.25, -0.2) is 0 Å². The first kappa shape index (κ1) is 31.7. The Morgan fingerprint density at radius 2 is 0.965 bits per heavy atom. The molecule has 10 aromatic carbocycles. The molecule has 0 saturated heterocycles. The molecule has 0 aliphatic carbocycles. The van der Waals surface area contributed by atoms with Crippen LogP contribution >= 0.6 is 0 Å². The molecule has 57 heavy (non-hydrogen) atoms. The molecule has 0 atom stereocenters. The normalized spacial score (nSPS) is 11.9. The van der Waals surface area contributed by atoms with E-state index in [0.717, 1.165) is 88.6 Å². The Morgan fingerprint density at radius 3 is 1.79 bits per heavy atom. The van der Waals surface area contributed by atoms with Crippen LogP contribution in [0, 0.1) is 0 Å². The number of benzene rings is 10. The molecule has 0 aliphatic heterocycles. The second kappa shape index (κ2) is 12.5. The minimum atomic E-state index is 0.870. The maximum Gasteiger partial charge on any atom is 0.145 e. The lowest BCUT2D eigenvalue weighted by Gasteiger charge is -2.28. The summed E-state index contributed by atoms with van der Waals surface area (Å²) in [6.07, 6.45) is 0. The van der Waals surface area contributed by atoms with Gasteiger partial charge in [0.25, 0.3) is 0 Å². The minimum Gasteiger partial charge on any atom is -0.455 e. The van der Waals surface area contributed by atoms with Gasteiger partial charge in [0.05, 0.1) is 5.69 Å². The second-order valence-electron chi connectivity index (χ2n) is 14.8. The lowest BCUT2D eigenvalue weighted by molar-refractivity contribution is 0.670. The Hall–Kier alpha value is -7.62. The van der Waals surface area contributed by atoms with E-state index in [4.69, 9.17) is 8.83 Å². The quantitative estimate of drug-likeness (QED) is 0.165. The van der Waals surface area contributed by atoms with Gasteiger partial charge in [-0.1, -0.05) is 158 Å². The van der Waals surface area contributed by atoms with Crippen LogP contribution < -0.4 is 4.90 Å². The van der Waals surface area contributed by atoms with E-state index in [9.17, 15) is 0 Å². The zero-order valence-corrected chi connectivity index (χ0v) is 30.8. The molecular formula is C54H33NO2. The summed E-state index contributed by atoms with van der Waals surface area (Å²) in [5.41, 5.74) is 11.0. The van der Waals surface area contributed by atoms with E-state index in [1.54, 1.807) is 0 Å². The molecule has 0 unspecified atom stereocenters. The summed E-state index contributed by atoms with van der Waals surface area (Å²) in [6.45, 7) is 0. The van der Waals surface area contributed by atoms with E-state index in [1.165, 1.54) is 26.9 Å². The van der Waals surface area contributed by atoms with Crippen LogP contribution in [0.25, 0.3) is 98.4 Å². The monoisotopic (exact) mass is 727 g/mol. The van der Waals surface area contributed by atoms with Crippen molar-refractivity contribution in [2.75, 3.05) is 4.90 Å². The molecule has 0 aliphatic rings. The third-order valence-corrected chi connectivity index (χ3v) is 11.6. The van der Waals surface area contributed by atoms with Crippen LogP contribution in [0.4, 0.5) is 17.1 Å². The second-order valence-corrected chi connectivity index (χ2v) is 14.8. The average molecular weight is 728 g/mol. The number of rotatable bonds is 5. The fourth-order valence-corrected chi connectivity index (χ4v) is 9.04. The third kappa shape index (κ3) is 4.86. The zero-order valence-electron chi connectivity index (χ0n) is 30.8. The molecule has 3 heteroatoms. The number of nitrogens with zero attached hydrogens (tertiary/aromatic N) is 1. The summed E-state index contributed by atoms with van der Waals surface area (Å²) >= 11 is 0. The Balaban J connectivity index is 1.13. The van der Waals surface area contributed by atoms with Crippen LogP contribution in [0.1, 0.15) is 0 Å². The van der Waals surface area contributed by atoms with Crippen LogP contribution in [0.2, 0.25) is 0 Å². The smallest absolute Gasteiger partial charge is 0.145 e. The molecule has 12 rings (SSSR count). The van der Waals surface area contributed by atoms with E-state index in [2.05, 4.69) is 193 Å². The van der Waals surface area contributed by atoms with Crippen molar-refractivity contribution in [3.63, 3.8) is 0 Å². The summed E-state index contributed by atoms with van der Waals surface area (Å²) in [5, 5.41) is 11.6. The minimum absolute atomic E-state index is 0.870. The van der Waals surface area contributed by atoms with Gasteiger partial charge in [-0.15, -0.1) is 0 Å². The first-order valence-electron chi connectivity index (χ1n) is 19.4. The number of hydrogen-bond acceptors (Lipinski definition) is 3. The van der Waals surface area contributed by atoms with Crippen LogP contribution in [-0.4, -0.2) is 0 Å². The van der Waals surface area contributed by atoms with Crippen molar-refractivity contribution in [1.29, 1.82) is 0 Å². The van der Waals surface area contributed by atoms with Gasteiger partial charge in [-0.05, 0) is 80.5 Å². The Morgan fingerprint density at radius 1 is 0.333 bits per heavy atom. The molecule has 266 valence electrons. The molecule has 0 saturated carbocycles. The third-order valence-electron chi connectivity index (χ3n) is 11.6. The van der Waals surface area contributed by atoms with Crippen molar-refractivity contribution >= 4 is 93.3 Å². The number of hydrogen-bond donors (Lipinski definition) is 0. The SMILES string of the molecule is c1ccc(-c2c(N(c3ccc(-c4cccc5c4oc4ccccc45)cc3)c3ccc4ccccc4c3)ccc3c2oc2c4ccccc4c4ccccc4c32)cc1. The van der Waals surface area contributed by atoms with Crippen molar-refractivity contribution in [3.05, 3.63) is 200 Å². The maximum absolute atomic E-state index is 7.20. The van der Waals surface area contributed by atoms with Crippen LogP contribution in [-0.2, 0) is 0 Å². The molecule has 2 aromatic heterocycles. The first-order valence-corrected chi connectivity index (χ1v) is 19.4. The largest absolute Gasteiger partial charge is 0.455 e. The molecule has 0 amide bonds. The predicted molar refractivity (Wildman–Crippen MR) is 239 cm³/mol. The number of fused-ring (bicyclic) bond motifs is 12. The number of furan rings is 2. The maximum atomic E-state index is 7.20. The highest BCUT2D eigenvalue weighted by Gasteiger charge is 2.25. The van der Waals surface area contributed by atoms with Gasteiger partial charge in [0.15, 0.2) is 0 Å². The number of anilines is 3. The molecule has 12 aromatic rings. The van der Waals surface area contributed by atoms with Gasteiger partial charge in [0.1, 0.15) is 22.3 Å². The van der Waals surface area contributed by atoms with E-state index in [1.807, 2.05) is 12.1 Å². The topological polar surface area (TPSA) is 29.5 Å². The van der Waals surface area contributed by atoms with Gasteiger partial charge in [-0.2, -0.15) is 0 Å². The van der Waals surface area contributed by atoms with Gasteiger partial charge >= 0.3 is 0 Å². The van der Waals surface area contributed by atoms with Crippen molar-refractivity contribution in [2.45, 2.75) is 0 Å². The summed E-state index contributed by atoms with van der Waals surface area (Å²) in [7, 11) is 0. The molecule has 0 spiro atoms. The van der Waals surface area contributed by atoms with E-state index in [0.29, 0.717) is 0 Å². The van der Waals surface area contributed by atoms with Crippen molar-refractivity contribution in [2.24, 2.45) is 0 Å². The fourth-order valence-electron chi connectivity index (χ4n) is 9.04. The molecule has 0 radical (unpaired) electrons. The Kier molecular flexibility index (Phi) is 6.93. The average Bonchev–Trinajstić information content (AvgIpc) is 3.87. The van der Waals surface area contributed by atoms with Crippen LogP contribution in [0.5, 0.6) is 0 Å². The lowest BCUT2D eigenvalue weighted by atomic mass is 9.94. The first-order chi connectivity index (χ1) is 28.3. The van der Waals surface area contributed by atoms with Gasteiger partial charge in [0.2, 0.25) is 0 Å². The summed E-state index contributed by atoms with van der Waals surface area (Å²) < 4.78 is 13.7. The standard InChI is InChI=1S/C54H33NO2/c1-2-14-36(15-3-1)50-48(32-31-47-51-44-20-8-6-17-41(44)42-18-7-9-21-45(42)53(51)57-54(47)50)55(39-30-25-34-13-4-5-16-37(34)33-39)38-28-26-35(27-29-38)40-22-12-23-46-43-19-10-11-24-49(43)56-52(40)46/h1-33H. The molecular weight excluding hydrogens is 695 g/mol. The summed E-state index contributed by atoms with van der Waals surface area (Å²) in [6, 6.07) is 71.4. The van der Waals surface area contributed by atoms with Gasteiger partial charge in [0, 0.05) is 49.4 Å². The molecule has 2 heterocycles. The van der Waals surface area contributed by atoms with Crippen LogP contribution in [0.15, 0.2) is 209 Å². The Bertz CT molecular complexity index is 3520. The summed E-state index contributed by atoms with van der Waals surface area (Å²) in [5.74, 6) is 0. The van der Waals surface area contributed by atoms with Crippen molar-refractivity contribution < 1.29 is 8.83 Å². The fraction of sp³-hybridized carbons (Fsp3) is 0. The molecule has 0 fully saturated rings. The predicted octanol–water partition coefficient (Wildman–Crippen LogP) is 15.7. The zero-order chi connectivity index (χ0) is 37.5. The van der Waals surface area contributed by atoms with Gasteiger partial charge < -0.3 is 13.7 Å². The van der Waals surface area contributed by atoms with Gasteiger partial charge in [-0.3, -0.25) is 0 Å². The highest BCUT2D eigenvalue weighted by Crippen LogP contribution is 2.49. The van der Waals surface area contributed by atoms with Crippen molar-refractivity contribution in [3.8, 4) is 22.3 Å². The van der Waals surface area contributed by atoms with E-state index < -0.39 is 0 Å². The summed E-state index contributed by atoms with van der Waals surface area (Å²) in [4.78, 5) is 2.38. The molecule has 0 bridgehead atoms. The van der Waals surface area contributed by atoms with Crippen molar-refractivity contribution in [1.82, 2.24) is 0 Å². The molecule has 0 N–H and O–H groups in total. The highest BCUT2D eigenvalue weighted by molar-refractivity contribution is 6.31. The lowest BCUT2D eigenvalue weighted by Crippen LogP contribution is -2.11. The molecule has 3 nitrogen and oxygen atoms in total. The highest BCUT2D eigenvalue weighted by atomic mass is 16.3. The Labute approximate surface area is 328 Å². The van der Waals surface area contributed by atoms with E-state index in [-0.39, 0.29) is 0 Å². The van der Waals surface area contributed by atoms with Crippen LogP contribution in [0.3, 0.4) is 0 Å².